The topological polar surface area (TPSA) is 112 Å². The highest BCUT2D eigenvalue weighted by Gasteiger charge is 2.10. The summed E-state index contributed by atoms with van der Waals surface area (Å²) in [6.45, 7) is 3.51. The maximum absolute atomic E-state index is 13.0. The predicted octanol–water partition coefficient (Wildman–Crippen LogP) is 3.08. The number of nitrogens with one attached hydrogen (secondary N) is 1. The molecular formula is C20H20FN5O3. The van der Waals surface area contributed by atoms with Crippen LogP contribution in [0, 0.1) is 19.7 Å². The maximum Gasteiger partial charge on any atom is 0.344 e. The van der Waals surface area contributed by atoms with Crippen LogP contribution in [0.5, 0.6) is 5.75 Å². The Kier molecular flexibility index (Phi) is 6.18. The monoisotopic (exact) mass is 397 g/mol. The number of anilines is 3. The quantitative estimate of drug-likeness (QED) is 0.585. The molecule has 1 heterocycles. The Balaban J connectivity index is 1.55. The van der Waals surface area contributed by atoms with Gasteiger partial charge in [-0.2, -0.15) is 15.0 Å². The van der Waals surface area contributed by atoms with E-state index in [-0.39, 0.29) is 36.8 Å². The summed E-state index contributed by atoms with van der Waals surface area (Å²) in [4.78, 5) is 24.0. The largest absolute Gasteiger partial charge is 0.482 e. The van der Waals surface area contributed by atoms with Gasteiger partial charge in [-0.05, 0) is 61.4 Å². The van der Waals surface area contributed by atoms with Crippen LogP contribution in [0.3, 0.4) is 0 Å². The van der Waals surface area contributed by atoms with E-state index in [2.05, 4.69) is 20.3 Å². The first-order chi connectivity index (χ1) is 13.9. The molecule has 0 amide bonds. The summed E-state index contributed by atoms with van der Waals surface area (Å²) in [6.07, 6.45) is 0. The van der Waals surface area contributed by atoms with E-state index in [9.17, 15) is 9.18 Å². The normalized spacial score (nSPS) is 10.4. The third-order valence-corrected chi connectivity index (χ3v) is 4.00. The van der Waals surface area contributed by atoms with Crippen LogP contribution in [0.4, 0.5) is 22.0 Å². The molecule has 2 aromatic carbocycles. The van der Waals surface area contributed by atoms with Crippen molar-refractivity contribution in [3.8, 4) is 5.75 Å². The number of nitrogens with zero attached hydrogens (tertiary/aromatic N) is 3. The highest BCUT2D eigenvalue weighted by molar-refractivity contribution is 5.71. The highest BCUT2D eigenvalue weighted by Crippen LogP contribution is 2.17. The summed E-state index contributed by atoms with van der Waals surface area (Å²) < 4.78 is 23.6. The van der Waals surface area contributed by atoms with Crippen LogP contribution in [-0.2, 0) is 16.1 Å². The standard InChI is InChI=1S/C20H20FN5O3/c1-12-3-8-16(9-13(12)2)28-11-18(27)29-10-17-24-19(22)26-20(25-17)23-15-6-4-14(21)5-7-15/h3-9H,10-11H2,1-2H3,(H3,22,23,24,25,26). The smallest absolute Gasteiger partial charge is 0.344 e. The van der Waals surface area contributed by atoms with Gasteiger partial charge < -0.3 is 20.5 Å². The van der Waals surface area contributed by atoms with Gasteiger partial charge in [0.15, 0.2) is 19.0 Å². The first-order valence-corrected chi connectivity index (χ1v) is 8.78. The van der Waals surface area contributed by atoms with Crippen LogP contribution in [0.25, 0.3) is 0 Å². The zero-order chi connectivity index (χ0) is 20.8. The molecule has 3 rings (SSSR count). The van der Waals surface area contributed by atoms with E-state index in [0.717, 1.165) is 11.1 Å². The summed E-state index contributed by atoms with van der Waals surface area (Å²) in [5, 5.41) is 2.88. The summed E-state index contributed by atoms with van der Waals surface area (Å²) in [5.74, 6) is -0.0676. The van der Waals surface area contributed by atoms with E-state index in [1.165, 1.54) is 24.3 Å². The molecule has 0 saturated carbocycles. The number of aromatic nitrogens is 3. The average Bonchev–Trinajstić information content (AvgIpc) is 2.69. The summed E-state index contributed by atoms with van der Waals surface area (Å²) in [5.41, 5.74) is 8.45. The number of carbonyl (C=O) groups is 1. The number of hydrogen-bond acceptors (Lipinski definition) is 8. The first kappa shape index (κ1) is 20.0. The summed E-state index contributed by atoms with van der Waals surface area (Å²) >= 11 is 0. The lowest BCUT2D eigenvalue weighted by Gasteiger charge is -2.09. The van der Waals surface area contributed by atoms with E-state index in [1.54, 1.807) is 6.07 Å². The minimum absolute atomic E-state index is 0.0398. The van der Waals surface area contributed by atoms with E-state index < -0.39 is 5.97 Å². The van der Waals surface area contributed by atoms with Gasteiger partial charge in [0.25, 0.3) is 0 Å². The van der Waals surface area contributed by atoms with Crippen molar-refractivity contribution in [2.45, 2.75) is 20.5 Å². The molecule has 0 spiro atoms. The lowest BCUT2D eigenvalue weighted by Crippen LogP contribution is -2.16. The van der Waals surface area contributed by atoms with Gasteiger partial charge in [0.2, 0.25) is 11.9 Å². The number of ether oxygens (including phenoxy) is 2. The summed E-state index contributed by atoms with van der Waals surface area (Å²) in [6, 6.07) is 11.2. The molecule has 3 N–H and O–H groups in total. The molecule has 0 aliphatic rings. The van der Waals surface area contributed by atoms with Gasteiger partial charge in [-0.15, -0.1) is 0 Å². The lowest BCUT2D eigenvalue weighted by atomic mass is 10.1. The molecule has 0 fully saturated rings. The van der Waals surface area contributed by atoms with Crippen molar-refractivity contribution in [3.63, 3.8) is 0 Å². The average molecular weight is 397 g/mol. The van der Waals surface area contributed by atoms with Crippen molar-refractivity contribution < 1.29 is 18.7 Å². The minimum Gasteiger partial charge on any atom is -0.482 e. The van der Waals surface area contributed by atoms with Crippen LogP contribution in [0.15, 0.2) is 42.5 Å². The number of carbonyl (C=O) groups excluding carboxylic acids is 1. The van der Waals surface area contributed by atoms with Gasteiger partial charge in [0.05, 0.1) is 0 Å². The SMILES string of the molecule is Cc1ccc(OCC(=O)OCc2nc(N)nc(Nc3ccc(F)cc3)n2)cc1C. The Bertz CT molecular complexity index is 1010. The van der Waals surface area contributed by atoms with Gasteiger partial charge in [0, 0.05) is 5.69 Å². The summed E-state index contributed by atoms with van der Waals surface area (Å²) in [7, 11) is 0. The van der Waals surface area contributed by atoms with Gasteiger partial charge in [-0.25, -0.2) is 9.18 Å². The van der Waals surface area contributed by atoms with Crippen LogP contribution in [-0.4, -0.2) is 27.5 Å². The van der Waals surface area contributed by atoms with Gasteiger partial charge in [-0.3, -0.25) is 0 Å². The third kappa shape index (κ3) is 5.86. The van der Waals surface area contributed by atoms with Crippen molar-refractivity contribution >= 4 is 23.6 Å². The predicted molar refractivity (Wildman–Crippen MR) is 105 cm³/mol. The van der Waals surface area contributed by atoms with Crippen molar-refractivity contribution in [1.82, 2.24) is 15.0 Å². The van der Waals surface area contributed by atoms with Gasteiger partial charge >= 0.3 is 5.97 Å². The number of hydrogen-bond donors (Lipinski definition) is 2. The fourth-order valence-electron chi connectivity index (χ4n) is 2.35. The highest BCUT2D eigenvalue weighted by atomic mass is 19.1. The van der Waals surface area contributed by atoms with Gasteiger partial charge in [0.1, 0.15) is 11.6 Å². The lowest BCUT2D eigenvalue weighted by molar-refractivity contribution is -0.147. The fourth-order valence-corrected chi connectivity index (χ4v) is 2.35. The molecule has 0 aliphatic heterocycles. The molecule has 0 radical (unpaired) electrons. The molecule has 0 saturated heterocycles. The molecule has 1 aromatic heterocycles. The van der Waals surface area contributed by atoms with E-state index in [0.29, 0.717) is 11.4 Å². The number of aryl methyl sites for hydroxylation is 2. The molecule has 0 unspecified atom stereocenters. The Morgan fingerprint density at radius 1 is 1.07 bits per heavy atom. The second kappa shape index (κ2) is 8.96. The molecule has 8 nitrogen and oxygen atoms in total. The molecular weight excluding hydrogens is 377 g/mol. The van der Waals surface area contributed by atoms with Crippen molar-refractivity contribution in [1.29, 1.82) is 0 Å². The molecule has 150 valence electrons. The number of esters is 1. The zero-order valence-electron chi connectivity index (χ0n) is 16.0. The molecule has 0 aliphatic carbocycles. The Hall–Kier alpha value is -3.75. The van der Waals surface area contributed by atoms with E-state index in [4.69, 9.17) is 15.2 Å². The molecule has 0 bridgehead atoms. The molecule has 0 atom stereocenters. The van der Waals surface area contributed by atoms with Crippen LogP contribution in [0.1, 0.15) is 17.0 Å². The second-order valence-corrected chi connectivity index (χ2v) is 6.26. The third-order valence-electron chi connectivity index (χ3n) is 4.00. The Morgan fingerprint density at radius 2 is 1.83 bits per heavy atom. The first-order valence-electron chi connectivity index (χ1n) is 8.78. The van der Waals surface area contributed by atoms with Crippen LogP contribution < -0.4 is 15.8 Å². The van der Waals surface area contributed by atoms with E-state index in [1.807, 2.05) is 26.0 Å². The number of rotatable bonds is 7. The van der Waals surface area contributed by atoms with Crippen LogP contribution in [0.2, 0.25) is 0 Å². The Labute approximate surface area is 166 Å². The maximum atomic E-state index is 13.0. The van der Waals surface area contributed by atoms with Crippen molar-refractivity contribution in [3.05, 3.63) is 65.2 Å². The van der Waals surface area contributed by atoms with E-state index >= 15 is 0 Å². The fraction of sp³-hybridized carbons (Fsp3) is 0.200. The Morgan fingerprint density at radius 3 is 2.55 bits per heavy atom. The van der Waals surface area contributed by atoms with Crippen molar-refractivity contribution in [2.75, 3.05) is 17.7 Å². The second-order valence-electron chi connectivity index (χ2n) is 6.26. The number of halogens is 1. The zero-order valence-corrected chi connectivity index (χ0v) is 16.0. The number of benzene rings is 2. The molecule has 29 heavy (non-hydrogen) atoms. The minimum atomic E-state index is -0.574. The number of nitrogen functional groups attached to an aromatic ring is 1. The number of nitrogens with two attached hydrogens (primary N) is 1. The van der Waals surface area contributed by atoms with Gasteiger partial charge in [-0.1, -0.05) is 6.07 Å². The molecule has 9 heteroatoms. The molecule has 3 aromatic rings. The van der Waals surface area contributed by atoms with Crippen molar-refractivity contribution in [2.24, 2.45) is 0 Å². The van der Waals surface area contributed by atoms with Crippen LogP contribution >= 0.6 is 0 Å².